The predicted octanol–water partition coefficient (Wildman–Crippen LogP) is -0.925. The number of hydrogen-bond acceptors (Lipinski definition) is 2. The van der Waals surface area contributed by atoms with Crippen molar-refractivity contribution in [3.8, 4) is 0 Å². The topological polar surface area (TPSA) is 113 Å². The van der Waals surface area contributed by atoms with Crippen molar-refractivity contribution in [2.45, 2.75) is 0 Å². The number of hydrogen-bond donors (Lipinski definition) is 4. The number of phosphoric acid groups is 1. The zero-order valence-electron chi connectivity index (χ0n) is 5.91. The fraction of sp³-hybridized carbons (Fsp3) is 0. The SMILES string of the molecule is N.O=P(O)(O)O.[Cu].[H-].[H-].[Mg+2]. The third kappa shape index (κ3) is 162. The minimum atomic E-state index is -4.64. The van der Waals surface area contributed by atoms with Gasteiger partial charge >= 0.3 is 30.9 Å². The molecule has 0 amide bonds. The van der Waals surface area contributed by atoms with Gasteiger partial charge in [-0.1, -0.05) is 0 Å². The van der Waals surface area contributed by atoms with E-state index >= 15 is 0 Å². The zero-order valence-corrected chi connectivity index (χ0v) is 7.16. The largest absolute Gasteiger partial charge is 2.00 e. The summed E-state index contributed by atoms with van der Waals surface area (Å²) in [6, 6.07) is 0. The average molecular weight is 205 g/mol. The van der Waals surface area contributed by atoms with E-state index in [1.54, 1.807) is 0 Å². The van der Waals surface area contributed by atoms with Gasteiger partial charge in [0.05, 0.1) is 0 Å². The summed E-state index contributed by atoms with van der Waals surface area (Å²) in [6.45, 7) is 0. The standard InChI is InChI=1S/Cu.Mg.H3N.H3O4P.2H/c;;;1-5(2,3)4;;/h;;1H3;(H3,1,2,3,4);;/q;+2;;;2*-1. The first kappa shape index (κ1) is 22.8. The van der Waals surface area contributed by atoms with Crippen molar-refractivity contribution in [2.24, 2.45) is 0 Å². The van der Waals surface area contributed by atoms with E-state index in [4.69, 9.17) is 19.2 Å². The molecule has 0 unspecified atom stereocenters. The molecule has 0 atom stereocenters. The maximum absolute atomic E-state index is 8.88. The summed E-state index contributed by atoms with van der Waals surface area (Å²) in [5.74, 6) is 0. The maximum Gasteiger partial charge on any atom is 2.00 e. The molecule has 5 nitrogen and oxygen atoms in total. The Kier molecular flexibility index (Phi) is 23.8. The van der Waals surface area contributed by atoms with Crippen LogP contribution in [0.4, 0.5) is 0 Å². The molecule has 0 saturated heterocycles. The van der Waals surface area contributed by atoms with Crippen molar-refractivity contribution < 1.29 is 39.2 Å². The molecule has 0 spiro atoms. The maximum atomic E-state index is 8.88. The molecular weight excluding hydrogens is 197 g/mol. The molecule has 0 bridgehead atoms. The van der Waals surface area contributed by atoms with Crippen LogP contribution in [0.5, 0.6) is 0 Å². The second-order valence-corrected chi connectivity index (χ2v) is 1.54. The van der Waals surface area contributed by atoms with E-state index < -0.39 is 7.82 Å². The van der Waals surface area contributed by atoms with Crippen LogP contribution in [0.3, 0.4) is 0 Å². The Hall–Kier alpha value is 1.36. The molecule has 6 N–H and O–H groups in total. The second-order valence-electron chi connectivity index (χ2n) is 0.513. The van der Waals surface area contributed by atoms with Crippen molar-refractivity contribution in [1.82, 2.24) is 6.15 Å². The molecule has 0 aromatic rings. The Balaban J connectivity index is -0.00000000800. The molecule has 0 aromatic carbocycles. The summed E-state index contributed by atoms with van der Waals surface area (Å²) < 4.78 is 8.88. The molecule has 0 aliphatic carbocycles. The van der Waals surface area contributed by atoms with Gasteiger partial charge in [0.15, 0.2) is 0 Å². The van der Waals surface area contributed by atoms with Gasteiger partial charge in [0, 0.05) is 17.1 Å². The monoisotopic (exact) mass is 204 g/mol. The zero-order chi connectivity index (χ0) is 4.50. The summed E-state index contributed by atoms with van der Waals surface area (Å²) in [5, 5.41) is 0. The molecule has 0 aliphatic rings. The number of rotatable bonds is 0. The predicted molar refractivity (Wildman–Crippen MR) is 27.3 cm³/mol. The van der Waals surface area contributed by atoms with Crippen LogP contribution in [0, 0.1) is 0 Å². The first-order valence-electron chi connectivity index (χ1n) is 0.783. The van der Waals surface area contributed by atoms with Gasteiger partial charge in [0.2, 0.25) is 0 Å². The molecule has 8 heteroatoms. The molecule has 0 aliphatic heterocycles. The third-order valence-corrected chi connectivity index (χ3v) is 0. The van der Waals surface area contributed by atoms with Gasteiger partial charge in [-0.3, -0.25) is 0 Å². The van der Waals surface area contributed by atoms with Crippen LogP contribution in [0.15, 0.2) is 0 Å². The van der Waals surface area contributed by atoms with Crippen LogP contribution in [0.2, 0.25) is 0 Å². The van der Waals surface area contributed by atoms with E-state index in [9.17, 15) is 0 Å². The molecule has 0 saturated carbocycles. The van der Waals surface area contributed by atoms with Crippen molar-refractivity contribution >= 4 is 30.9 Å². The molecule has 55 valence electrons. The summed E-state index contributed by atoms with van der Waals surface area (Å²) >= 11 is 0. The summed E-state index contributed by atoms with van der Waals surface area (Å²) in [6.07, 6.45) is 0. The van der Waals surface area contributed by atoms with Crippen LogP contribution in [-0.2, 0) is 21.6 Å². The quantitative estimate of drug-likeness (QED) is 0.301. The Morgan fingerprint density at radius 1 is 1.25 bits per heavy atom. The first-order valence-corrected chi connectivity index (χ1v) is 2.35. The molecular formula is H8CuMgNO4P. The van der Waals surface area contributed by atoms with Crippen LogP contribution < -0.4 is 6.15 Å². The van der Waals surface area contributed by atoms with Crippen LogP contribution in [0.1, 0.15) is 2.85 Å². The van der Waals surface area contributed by atoms with Gasteiger partial charge in [-0.05, 0) is 0 Å². The van der Waals surface area contributed by atoms with Crippen LogP contribution in [-0.4, -0.2) is 37.7 Å². The summed E-state index contributed by atoms with van der Waals surface area (Å²) in [4.78, 5) is 21.6. The van der Waals surface area contributed by atoms with Crippen molar-refractivity contribution in [3.05, 3.63) is 0 Å². The minimum Gasteiger partial charge on any atom is -1.00 e. The van der Waals surface area contributed by atoms with E-state index in [2.05, 4.69) is 0 Å². The molecule has 0 rings (SSSR count). The first-order chi connectivity index (χ1) is 2.00. The minimum absolute atomic E-state index is 0. The molecule has 0 heterocycles. The van der Waals surface area contributed by atoms with Crippen molar-refractivity contribution in [3.63, 3.8) is 0 Å². The fourth-order valence-electron chi connectivity index (χ4n) is 0. The second kappa shape index (κ2) is 8.36. The Bertz CT molecular complexity index is 69.4. The molecule has 0 aromatic heterocycles. The van der Waals surface area contributed by atoms with Gasteiger partial charge in [0.1, 0.15) is 0 Å². The van der Waals surface area contributed by atoms with E-state index in [1.807, 2.05) is 0 Å². The van der Waals surface area contributed by atoms with Gasteiger partial charge < -0.3 is 23.7 Å². The van der Waals surface area contributed by atoms with Crippen LogP contribution in [0.25, 0.3) is 0 Å². The smallest absolute Gasteiger partial charge is 1.00 e. The third-order valence-electron chi connectivity index (χ3n) is 0. The Morgan fingerprint density at radius 3 is 1.25 bits per heavy atom. The molecule has 0 fully saturated rings. The van der Waals surface area contributed by atoms with E-state index in [-0.39, 0.29) is 49.1 Å². The van der Waals surface area contributed by atoms with Crippen molar-refractivity contribution in [2.75, 3.05) is 0 Å². The van der Waals surface area contributed by atoms with Gasteiger partial charge in [0.25, 0.3) is 0 Å². The van der Waals surface area contributed by atoms with Gasteiger partial charge in [-0.25, -0.2) is 4.57 Å². The van der Waals surface area contributed by atoms with Gasteiger partial charge in [-0.2, -0.15) is 0 Å². The van der Waals surface area contributed by atoms with Crippen LogP contribution >= 0.6 is 7.82 Å². The Morgan fingerprint density at radius 2 is 1.25 bits per heavy atom. The summed E-state index contributed by atoms with van der Waals surface area (Å²) in [5.41, 5.74) is 0. The Labute approximate surface area is 76.3 Å². The van der Waals surface area contributed by atoms with E-state index in [0.29, 0.717) is 0 Å². The fourth-order valence-corrected chi connectivity index (χ4v) is 0. The molecule has 1 radical (unpaired) electrons. The average Bonchev–Trinajstić information content (AvgIpc) is 0.722. The van der Waals surface area contributed by atoms with E-state index in [0.717, 1.165) is 0 Å². The normalized spacial score (nSPS) is 7.38. The molecule has 8 heavy (non-hydrogen) atoms. The van der Waals surface area contributed by atoms with E-state index in [1.165, 1.54) is 0 Å². The van der Waals surface area contributed by atoms with Crippen molar-refractivity contribution in [1.29, 1.82) is 0 Å². The summed E-state index contributed by atoms with van der Waals surface area (Å²) in [7, 11) is -4.64. The van der Waals surface area contributed by atoms with Gasteiger partial charge in [-0.15, -0.1) is 0 Å².